The van der Waals surface area contributed by atoms with E-state index in [2.05, 4.69) is 101 Å². The summed E-state index contributed by atoms with van der Waals surface area (Å²) in [5.74, 6) is 0. The van der Waals surface area contributed by atoms with Crippen molar-refractivity contribution < 1.29 is 0 Å². The monoisotopic (exact) mass is 356 g/mol. The summed E-state index contributed by atoms with van der Waals surface area (Å²) in [6.45, 7) is 20.7. The molecule has 2 nitrogen and oxygen atoms in total. The molecule has 1 aromatic rings. The van der Waals surface area contributed by atoms with E-state index in [9.17, 15) is 0 Å². The Balaban J connectivity index is 3.59. The maximum Gasteiger partial charge on any atom is 0.126 e. The minimum absolute atomic E-state index is 0.0193. The van der Waals surface area contributed by atoms with Crippen LogP contribution in [-0.2, 0) is 11.8 Å². The van der Waals surface area contributed by atoms with E-state index in [1.54, 1.807) is 0 Å². The summed E-state index contributed by atoms with van der Waals surface area (Å²) in [6, 6.07) is 10.7. The normalized spacial score (nSPS) is 16.6. The van der Waals surface area contributed by atoms with Gasteiger partial charge in [0.15, 0.2) is 0 Å². The number of nitrogens with zero attached hydrogens (tertiary/aromatic N) is 1. The molecular weight excluding hydrogens is 323 g/mol. The maximum atomic E-state index is 6.39. The summed E-state index contributed by atoms with van der Waals surface area (Å²) < 4.78 is 2.66. The van der Waals surface area contributed by atoms with Crippen LogP contribution in [0.3, 0.4) is 0 Å². The average molecular weight is 357 g/mol. The molecule has 0 saturated heterocycles. The number of benzene rings is 1. The molecule has 1 unspecified atom stereocenters. The molecule has 0 aliphatic rings. The highest BCUT2D eigenvalue weighted by Crippen LogP contribution is 2.53. The Morgan fingerprint density at radius 1 is 0.955 bits per heavy atom. The number of nitrogens with one attached hydrogen (secondary N) is 1. The highest BCUT2D eigenvalue weighted by atomic mass is 32.4. The summed E-state index contributed by atoms with van der Waals surface area (Å²) in [4.78, 5) is 0. The molecule has 1 N–H and O–H groups in total. The highest BCUT2D eigenvalue weighted by molar-refractivity contribution is 8.16. The van der Waals surface area contributed by atoms with Crippen LogP contribution in [0, 0.1) is 0 Å². The molecule has 0 aliphatic carbocycles. The van der Waals surface area contributed by atoms with Gasteiger partial charge in [0.2, 0.25) is 0 Å². The van der Waals surface area contributed by atoms with Gasteiger partial charge in [-0.3, -0.25) is 9.42 Å². The van der Waals surface area contributed by atoms with E-state index < -0.39 is 14.6 Å². The first kappa shape index (κ1) is 20.1. The molecule has 5 heteroatoms. The van der Waals surface area contributed by atoms with Crippen LogP contribution in [-0.4, -0.2) is 23.6 Å². The third-order valence-corrected chi connectivity index (χ3v) is 12.8. The molecule has 0 fully saturated rings. The zero-order valence-electron chi connectivity index (χ0n) is 15.7. The Labute approximate surface area is 143 Å². The molecule has 0 bridgehead atoms. The molecule has 0 spiro atoms. The summed E-state index contributed by atoms with van der Waals surface area (Å²) in [5.41, 5.74) is 0.0165. The van der Waals surface area contributed by atoms with E-state index in [0.29, 0.717) is 0 Å². The van der Waals surface area contributed by atoms with Crippen molar-refractivity contribution >= 4 is 31.7 Å². The predicted octanol–water partition coefficient (Wildman–Crippen LogP) is 4.94. The second-order valence-corrected chi connectivity index (χ2v) is 18.0. The first-order chi connectivity index (χ1) is 9.68. The van der Waals surface area contributed by atoms with Crippen LogP contribution in [0.4, 0.5) is 0 Å². The van der Waals surface area contributed by atoms with Crippen LogP contribution in [0.1, 0.15) is 41.5 Å². The molecule has 0 radical (unpaired) electrons. The summed E-state index contributed by atoms with van der Waals surface area (Å²) >= 11 is 6.39. The van der Waals surface area contributed by atoms with Gasteiger partial charge in [-0.1, -0.05) is 61.8 Å². The lowest BCUT2D eigenvalue weighted by molar-refractivity contribution is 0.363. The molecule has 1 rings (SSSR count). The van der Waals surface area contributed by atoms with Crippen molar-refractivity contribution in [3.63, 3.8) is 0 Å². The topological polar surface area (TPSA) is 15.3 Å². The quantitative estimate of drug-likeness (QED) is 0.607. The van der Waals surface area contributed by atoms with E-state index in [4.69, 9.17) is 11.8 Å². The summed E-state index contributed by atoms with van der Waals surface area (Å²) in [7, 11) is -1.62. The fraction of sp³-hybridized carbons (Fsp3) is 0.647. The summed E-state index contributed by atoms with van der Waals surface area (Å²) in [6.07, 6.45) is -2.07. The van der Waals surface area contributed by atoms with Gasteiger partial charge < -0.3 is 0 Å². The maximum absolute atomic E-state index is 6.39. The second-order valence-electron chi connectivity index (χ2n) is 8.93. The van der Waals surface area contributed by atoms with Crippen molar-refractivity contribution in [1.82, 2.24) is 9.42 Å². The van der Waals surface area contributed by atoms with Crippen molar-refractivity contribution in [3.05, 3.63) is 30.3 Å². The lowest BCUT2D eigenvalue weighted by Crippen LogP contribution is -2.58. The van der Waals surface area contributed by atoms with E-state index in [-0.39, 0.29) is 11.1 Å². The average Bonchev–Trinajstić information content (AvgIpc) is 2.23. The van der Waals surface area contributed by atoms with Gasteiger partial charge in [0.05, 0.1) is 6.34 Å². The molecule has 0 aromatic heterocycles. The first-order valence-electron chi connectivity index (χ1n) is 7.94. The number of hydrogen-bond donors (Lipinski definition) is 1. The summed E-state index contributed by atoms with van der Waals surface area (Å²) in [5, 5.41) is 5.11. The van der Waals surface area contributed by atoms with Crippen LogP contribution in [0.5, 0.6) is 0 Å². The molecule has 1 atom stereocenters. The molecule has 0 aliphatic heterocycles. The predicted molar refractivity (Wildman–Crippen MR) is 108 cm³/mol. The van der Waals surface area contributed by atoms with Crippen molar-refractivity contribution in [2.75, 3.05) is 0 Å². The van der Waals surface area contributed by atoms with Gasteiger partial charge in [0.25, 0.3) is 0 Å². The SMILES string of the molecule is CC(C)(C)NP(=S)(c1ccccc1)N(C(C)(C)C)[Si](C)(C)C. The van der Waals surface area contributed by atoms with Gasteiger partial charge in [-0.15, -0.1) is 0 Å². The third-order valence-electron chi connectivity index (χ3n) is 3.15. The Kier molecular flexibility index (Phi) is 5.91. The first-order valence-corrected chi connectivity index (χ1v) is 14.1. The minimum atomic E-state index is -2.07. The smallest absolute Gasteiger partial charge is 0.126 e. The van der Waals surface area contributed by atoms with Gasteiger partial charge in [-0.25, -0.2) is 0 Å². The molecule has 0 heterocycles. The van der Waals surface area contributed by atoms with Crippen LogP contribution < -0.4 is 10.4 Å². The molecule has 0 saturated carbocycles. The molecule has 22 heavy (non-hydrogen) atoms. The van der Waals surface area contributed by atoms with Crippen molar-refractivity contribution in [3.8, 4) is 0 Å². The fourth-order valence-corrected chi connectivity index (χ4v) is 16.0. The lowest BCUT2D eigenvalue weighted by atomic mass is 10.1. The van der Waals surface area contributed by atoms with Crippen LogP contribution in [0.15, 0.2) is 30.3 Å². The zero-order chi connectivity index (χ0) is 17.4. The van der Waals surface area contributed by atoms with E-state index in [0.717, 1.165) is 0 Å². The van der Waals surface area contributed by atoms with Gasteiger partial charge >= 0.3 is 0 Å². The molecule has 0 amide bonds. The largest absolute Gasteiger partial charge is 0.277 e. The van der Waals surface area contributed by atoms with Gasteiger partial charge in [0, 0.05) is 16.4 Å². The molecule has 126 valence electrons. The minimum Gasteiger partial charge on any atom is -0.277 e. The van der Waals surface area contributed by atoms with Gasteiger partial charge in [-0.05, 0) is 41.5 Å². The lowest BCUT2D eigenvalue weighted by Gasteiger charge is -2.53. The Bertz CT molecular complexity index is 525. The van der Waals surface area contributed by atoms with Gasteiger partial charge in [-0.2, -0.15) is 0 Å². The van der Waals surface area contributed by atoms with Crippen LogP contribution in [0.25, 0.3) is 0 Å². The van der Waals surface area contributed by atoms with E-state index in [1.165, 1.54) is 5.30 Å². The van der Waals surface area contributed by atoms with Crippen LogP contribution >= 0.6 is 6.34 Å². The standard InChI is InChI=1S/C17H33N2PSSi/c1-16(2,3)18-20(21,15-13-11-10-12-14-15)19(17(4,5)6)22(7,8)9/h10-14H,1-9H3,(H,18,21). The Morgan fingerprint density at radius 3 is 1.73 bits per heavy atom. The Morgan fingerprint density at radius 2 is 1.41 bits per heavy atom. The zero-order valence-corrected chi connectivity index (χ0v) is 18.4. The fourth-order valence-electron chi connectivity index (χ4n) is 3.17. The van der Waals surface area contributed by atoms with E-state index >= 15 is 0 Å². The van der Waals surface area contributed by atoms with Gasteiger partial charge in [0.1, 0.15) is 8.24 Å². The van der Waals surface area contributed by atoms with Crippen molar-refractivity contribution in [1.29, 1.82) is 0 Å². The van der Waals surface area contributed by atoms with Crippen molar-refractivity contribution in [2.45, 2.75) is 72.3 Å². The van der Waals surface area contributed by atoms with Crippen molar-refractivity contribution in [2.24, 2.45) is 0 Å². The third kappa shape index (κ3) is 5.00. The van der Waals surface area contributed by atoms with E-state index in [1.807, 2.05) is 0 Å². The Hall–Kier alpha value is 0.00688. The highest BCUT2D eigenvalue weighted by Gasteiger charge is 2.44. The molecule has 1 aromatic carbocycles. The number of rotatable bonds is 4. The number of hydrogen-bond acceptors (Lipinski definition) is 1. The molecular formula is C17H33N2PSSi. The second kappa shape index (κ2) is 6.49. The van der Waals surface area contributed by atoms with Crippen LogP contribution in [0.2, 0.25) is 19.6 Å².